The van der Waals surface area contributed by atoms with Crippen molar-refractivity contribution < 1.29 is 9.90 Å². The molecule has 5 nitrogen and oxygen atoms in total. The van der Waals surface area contributed by atoms with E-state index in [1.165, 1.54) is 0 Å². The van der Waals surface area contributed by atoms with E-state index in [0.29, 0.717) is 12.5 Å². The number of hydrogen-bond acceptors (Lipinski definition) is 2. The zero-order valence-corrected chi connectivity index (χ0v) is 10.6. The van der Waals surface area contributed by atoms with E-state index in [9.17, 15) is 4.79 Å². The number of nitrogens with one attached hydrogen (secondary N) is 2. The largest absolute Gasteiger partial charge is 0.481 e. The normalized spacial score (nSPS) is 23.5. The minimum absolute atomic E-state index is 0. The Balaban J connectivity index is 0. The fourth-order valence-electron chi connectivity index (χ4n) is 1.87. The quantitative estimate of drug-likeness (QED) is 0.458. The van der Waals surface area contributed by atoms with Gasteiger partial charge in [0.25, 0.3) is 0 Å². The van der Waals surface area contributed by atoms with Crippen LogP contribution in [-0.4, -0.2) is 23.6 Å². The Morgan fingerprint density at radius 1 is 1.31 bits per heavy atom. The maximum Gasteiger partial charge on any atom is 0.306 e. The number of carboxylic acids is 1. The Morgan fingerprint density at radius 2 is 1.81 bits per heavy atom. The van der Waals surface area contributed by atoms with Crippen molar-refractivity contribution >= 4 is 36.7 Å². The summed E-state index contributed by atoms with van der Waals surface area (Å²) in [7, 11) is 0. The fourth-order valence-corrected chi connectivity index (χ4v) is 1.87. The summed E-state index contributed by atoms with van der Waals surface area (Å²) in [5.74, 6) is -0.383. The first-order chi connectivity index (χ1) is 6.59. The maximum atomic E-state index is 10.7. The fraction of sp³-hybridized carbons (Fsp3) is 0.778. The van der Waals surface area contributed by atoms with E-state index in [-0.39, 0.29) is 36.7 Å². The van der Waals surface area contributed by atoms with Gasteiger partial charge in [0, 0.05) is 6.54 Å². The lowest BCUT2D eigenvalue weighted by Crippen LogP contribution is -2.36. The Hall–Kier alpha value is -0.680. The van der Waals surface area contributed by atoms with Gasteiger partial charge in [-0.15, -0.1) is 24.8 Å². The summed E-state index contributed by atoms with van der Waals surface area (Å²) in [6, 6.07) is 0. The second-order valence-corrected chi connectivity index (χ2v) is 3.85. The first-order valence-electron chi connectivity index (χ1n) is 4.90. The molecule has 0 atom stereocenters. The summed E-state index contributed by atoms with van der Waals surface area (Å²) in [5, 5.41) is 18.5. The Morgan fingerprint density at radius 3 is 2.19 bits per heavy atom. The van der Waals surface area contributed by atoms with Crippen LogP contribution in [-0.2, 0) is 4.79 Å². The summed E-state index contributed by atoms with van der Waals surface area (Å²) in [6.45, 7) is 0.696. The van der Waals surface area contributed by atoms with Crippen LogP contribution in [0.25, 0.3) is 0 Å². The Kier molecular flexibility index (Phi) is 9.37. The number of aliphatic carboxylic acids is 1. The lowest BCUT2D eigenvalue weighted by molar-refractivity contribution is -0.143. The van der Waals surface area contributed by atoms with Gasteiger partial charge in [0.1, 0.15) is 0 Å². The Labute approximate surface area is 107 Å². The zero-order chi connectivity index (χ0) is 10.6. The first-order valence-corrected chi connectivity index (χ1v) is 4.90. The van der Waals surface area contributed by atoms with Crippen molar-refractivity contribution in [3.63, 3.8) is 0 Å². The highest BCUT2D eigenvalue weighted by Crippen LogP contribution is 2.28. The van der Waals surface area contributed by atoms with E-state index in [1.807, 2.05) is 0 Å². The molecule has 0 unspecified atom stereocenters. The molecule has 5 N–H and O–H groups in total. The van der Waals surface area contributed by atoms with Crippen molar-refractivity contribution in [1.29, 1.82) is 5.41 Å². The predicted molar refractivity (Wildman–Crippen MR) is 67.5 cm³/mol. The molecule has 7 heteroatoms. The molecule has 0 bridgehead atoms. The molecule has 1 aliphatic rings. The summed E-state index contributed by atoms with van der Waals surface area (Å²) in [4.78, 5) is 10.7. The summed E-state index contributed by atoms with van der Waals surface area (Å²) in [6.07, 6.45) is 3.33. The van der Waals surface area contributed by atoms with Crippen molar-refractivity contribution in [3.05, 3.63) is 0 Å². The van der Waals surface area contributed by atoms with Gasteiger partial charge in [-0.05, 0) is 31.6 Å². The van der Waals surface area contributed by atoms with Crippen LogP contribution >= 0.6 is 24.8 Å². The van der Waals surface area contributed by atoms with Gasteiger partial charge in [-0.3, -0.25) is 10.2 Å². The van der Waals surface area contributed by atoms with Crippen LogP contribution in [0, 0.1) is 17.2 Å². The van der Waals surface area contributed by atoms with Gasteiger partial charge in [0.05, 0.1) is 5.92 Å². The van der Waals surface area contributed by atoms with Crippen LogP contribution in [0.1, 0.15) is 25.7 Å². The van der Waals surface area contributed by atoms with E-state index in [1.54, 1.807) is 0 Å². The molecule has 0 spiro atoms. The number of rotatable bonds is 3. The molecule has 96 valence electrons. The van der Waals surface area contributed by atoms with E-state index >= 15 is 0 Å². The van der Waals surface area contributed by atoms with Gasteiger partial charge < -0.3 is 16.2 Å². The number of guanidine groups is 1. The van der Waals surface area contributed by atoms with Gasteiger partial charge in [-0.2, -0.15) is 0 Å². The smallest absolute Gasteiger partial charge is 0.306 e. The van der Waals surface area contributed by atoms with Crippen LogP contribution in [0.2, 0.25) is 0 Å². The molecule has 1 saturated carbocycles. The Bertz CT molecular complexity index is 231. The molecular weight excluding hydrogens is 253 g/mol. The second kappa shape index (κ2) is 8.47. The minimum atomic E-state index is -0.678. The van der Waals surface area contributed by atoms with Gasteiger partial charge >= 0.3 is 5.97 Å². The predicted octanol–water partition coefficient (Wildman–Crippen LogP) is 1.20. The topological polar surface area (TPSA) is 99.2 Å². The standard InChI is InChI=1S/C9H17N3O2.2ClH/c10-9(11)12-5-6-1-3-7(4-2-6)8(13)14;;/h6-7H,1-5H2,(H,13,14)(H4,10,11,12);2*1H. The molecular formula is C9H19Cl2N3O2. The zero-order valence-electron chi connectivity index (χ0n) is 8.94. The van der Waals surface area contributed by atoms with Crippen molar-refractivity contribution in [1.82, 2.24) is 5.32 Å². The summed E-state index contributed by atoms with van der Waals surface area (Å²) < 4.78 is 0. The van der Waals surface area contributed by atoms with Crippen LogP contribution in [0.5, 0.6) is 0 Å². The molecule has 16 heavy (non-hydrogen) atoms. The third-order valence-electron chi connectivity index (χ3n) is 2.78. The van der Waals surface area contributed by atoms with Crippen LogP contribution in [0.4, 0.5) is 0 Å². The molecule has 0 radical (unpaired) electrons. The molecule has 0 aromatic carbocycles. The van der Waals surface area contributed by atoms with Crippen molar-refractivity contribution in [2.75, 3.05) is 6.54 Å². The number of carboxylic acid groups (broad SMARTS) is 1. The van der Waals surface area contributed by atoms with Crippen molar-refractivity contribution in [3.8, 4) is 0 Å². The molecule has 1 fully saturated rings. The minimum Gasteiger partial charge on any atom is -0.481 e. The van der Waals surface area contributed by atoms with Crippen LogP contribution in [0.15, 0.2) is 0 Å². The lowest BCUT2D eigenvalue weighted by Gasteiger charge is -2.26. The number of carbonyl (C=O) groups is 1. The molecule has 0 saturated heterocycles. The van der Waals surface area contributed by atoms with Gasteiger partial charge in [-0.25, -0.2) is 0 Å². The monoisotopic (exact) mass is 271 g/mol. The molecule has 1 rings (SSSR count). The molecule has 0 heterocycles. The third kappa shape index (κ3) is 6.02. The first kappa shape index (κ1) is 17.7. The highest BCUT2D eigenvalue weighted by molar-refractivity contribution is 5.85. The molecule has 1 aliphatic carbocycles. The van der Waals surface area contributed by atoms with Crippen LogP contribution < -0.4 is 11.1 Å². The maximum absolute atomic E-state index is 10.7. The average Bonchev–Trinajstić information content (AvgIpc) is 2.15. The van der Waals surface area contributed by atoms with Gasteiger partial charge in [0.15, 0.2) is 5.96 Å². The van der Waals surface area contributed by atoms with E-state index < -0.39 is 5.97 Å². The molecule has 0 aromatic heterocycles. The molecule has 0 amide bonds. The molecule has 0 aliphatic heterocycles. The average molecular weight is 272 g/mol. The lowest BCUT2D eigenvalue weighted by atomic mass is 9.82. The van der Waals surface area contributed by atoms with E-state index in [4.69, 9.17) is 16.2 Å². The number of hydrogen-bond donors (Lipinski definition) is 4. The highest BCUT2D eigenvalue weighted by atomic mass is 35.5. The number of nitrogens with two attached hydrogens (primary N) is 1. The summed E-state index contributed by atoms with van der Waals surface area (Å²) >= 11 is 0. The highest BCUT2D eigenvalue weighted by Gasteiger charge is 2.25. The van der Waals surface area contributed by atoms with Gasteiger partial charge in [0.2, 0.25) is 0 Å². The molecule has 0 aromatic rings. The van der Waals surface area contributed by atoms with Crippen LogP contribution in [0.3, 0.4) is 0 Å². The van der Waals surface area contributed by atoms with Crippen molar-refractivity contribution in [2.45, 2.75) is 25.7 Å². The van der Waals surface area contributed by atoms with E-state index in [0.717, 1.165) is 25.7 Å². The third-order valence-corrected chi connectivity index (χ3v) is 2.78. The van der Waals surface area contributed by atoms with E-state index in [2.05, 4.69) is 5.32 Å². The van der Waals surface area contributed by atoms with Gasteiger partial charge in [-0.1, -0.05) is 0 Å². The summed E-state index contributed by atoms with van der Waals surface area (Å²) in [5.41, 5.74) is 5.16. The van der Waals surface area contributed by atoms with Crippen molar-refractivity contribution in [2.24, 2.45) is 17.6 Å². The second-order valence-electron chi connectivity index (χ2n) is 3.85. The number of halogens is 2. The SMILES string of the molecule is Cl.Cl.N=C(N)NCC1CCC(C(=O)O)CC1.